The molecule has 3 aromatic carbocycles. The van der Waals surface area contributed by atoms with E-state index in [4.69, 9.17) is 0 Å². The summed E-state index contributed by atoms with van der Waals surface area (Å²) in [6.07, 6.45) is 1.07. The lowest BCUT2D eigenvalue weighted by Crippen LogP contribution is -2.20. The molecule has 0 aliphatic heterocycles. The minimum atomic E-state index is -3.42. The summed E-state index contributed by atoms with van der Waals surface area (Å²) in [6, 6.07) is 18.9. The average molecular weight is 610 g/mol. The fourth-order valence-corrected chi connectivity index (χ4v) is 5.86. The molecule has 0 radical (unpaired) electrons. The zero-order chi connectivity index (χ0) is 27.0. The van der Waals surface area contributed by atoms with E-state index >= 15 is 0 Å². The Balaban J connectivity index is 1.59. The average Bonchev–Trinajstić information content (AvgIpc) is 3.21. The minimum absolute atomic E-state index is 0.0729. The fourth-order valence-electron chi connectivity index (χ4n) is 3.88. The minimum Gasteiger partial charge on any atom is -0.435 e. The second-order valence-electron chi connectivity index (χ2n) is 8.95. The zero-order valence-electron chi connectivity index (χ0n) is 20.0. The number of anilines is 2. The normalized spacial score (nSPS) is 12.1. The van der Waals surface area contributed by atoms with Crippen LogP contribution < -0.4 is 14.8 Å². The van der Waals surface area contributed by atoms with Gasteiger partial charge in [-0.3, -0.25) is 9.52 Å². The Labute approximate surface area is 225 Å². The van der Waals surface area contributed by atoms with Crippen LogP contribution in [-0.2, 0) is 15.4 Å². The van der Waals surface area contributed by atoms with Crippen LogP contribution in [0, 0.1) is 0 Å². The smallest absolute Gasteiger partial charge is 0.387 e. The molecule has 0 saturated carbocycles. The van der Waals surface area contributed by atoms with Crippen molar-refractivity contribution in [3.05, 3.63) is 87.2 Å². The van der Waals surface area contributed by atoms with E-state index in [0.29, 0.717) is 16.3 Å². The van der Waals surface area contributed by atoms with E-state index < -0.39 is 22.0 Å². The summed E-state index contributed by atoms with van der Waals surface area (Å²) >= 11 is 4.80. The maximum Gasteiger partial charge on any atom is 0.387 e. The molecule has 37 heavy (non-hydrogen) atoms. The van der Waals surface area contributed by atoms with Gasteiger partial charge in [-0.05, 0) is 71.1 Å². The summed E-state index contributed by atoms with van der Waals surface area (Å²) in [6.45, 7) is 0.994. The first-order chi connectivity index (χ1) is 17.3. The molecule has 0 aliphatic rings. The Kier molecular flexibility index (Phi) is 7.59. The van der Waals surface area contributed by atoms with E-state index in [9.17, 15) is 22.0 Å². The van der Waals surface area contributed by atoms with Gasteiger partial charge in [0.25, 0.3) is 5.91 Å². The second kappa shape index (κ2) is 10.4. The van der Waals surface area contributed by atoms with Gasteiger partial charge in [0, 0.05) is 26.0 Å². The number of hydrogen-bond donors (Lipinski definition) is 2. The number of ether oxygens (including phenoxy) is 1. The lowest BCUT2D eigenvalue weighted by atomic mass is 9.78. The number of fused-ring (bicyclic) bond motifs is 1. The van der Waals surface area contributed by atoms with Crippen LogP contribution in [0.25, 0.3) is 10.1 Å². The molecule has 0 bridgehead atoms. The van der Waals surface area contributed by atoms with Crippen LogP contribution in [0.4, 0.5) is 20.2 Å². The van der Waals surface area contributed by atoms with Crippen LogP contribution in [0.3, 0.4) is 0 Å². The first kappa shape index (κ1) is 27.0. The van der Waals surface area contributed by atoms with E-state index in [-0.39, 0.29) is 11.7 Å². The lowest BCUT2D eigenvalue weighted by Gasteiger charge is -2.27. The van der Waals surface area contributed by atoms with Gasteiger partial charge in [-0.15, -0.1) is 11.3 Å². The highest BCUT2D eigenvalue weighted by Crippen LogP contribution is 2.37. The molecule has 6 nitrogen and oxygen atoms in total. The van der Waals surface area contributed by atoms with E-state index in [1.807, 2.05) is 32.0 Å². The fraction of sp³-hybridized carbons (Fsp3) is 0.192. The van der Waals surface area contributed by atoms with Crippen molar-refractivity contribution < 1.29 is 26.7 Å². The highest BCUT2D eigenvalue weighted by atomic mass is 79.9. The summed E-state index contributed by atoms with van der Waals surface area (Å²) in [5, 5.41) is 3.66. The van der Waals surface area contributed by atoms with Gasteiger partial charge in [0.15, 0.2) is 0 Å². The molecule has 0 spiro atoms. The van der Waals surface area contributed by atoms with Crippen molar-refractivity contribution in [2.45, 2.75) is 25.9 Å². The number of alkyl halides is 2. The molecule has 1 heterocycles. The highest BCUT2D eigenvalue weighted by molar-refractivity contribution is 9.10. The molecule has 0 atom stereocenters. The standard InChI is InChI=1S/C26H23BrF2N2O4S2/c1-26(2,16-5-4-6-21(13-16)35-25(28)29)17-11-18(27)14-20(12-17)30-24(32)23-10-15-9-19(31-37(3,33)34)7-8-22(15)36-23/h4-14,25,31H,1-3H3,(H,30,32). The van der Waals surface area contributed by atoms with Crippen molar-refractivity contribution in [3.63, 3.8) is 0 Å². The quantitative estimate of drug-likeness (QED) is 0.221. The number of amides is 1. The van der Waals surface area contributed by atoms with Gasteiger partial charge in [0.2, 0.25) is 10.0 Å². The molecular formula is C26H23BrF2N2O4S2. The van der Waals surface area contributed by atoms with Crippen molar-refractivity contribution >= 4 is 64.7 Å². The molecule has 0 unspecified atom stereocenters. The molecule has 2 N–H and O–H groups in total. The van der Waals surface area contributed by atoms with Crippen molar-refractivity contribution in [2.75, 3.05) is 16.3 Å². The molecular weight excluding hydrogens is 586 g/mol. The van der Waals surface area contributed by atoms with Gasteiger partial charge in [0.05, 0.1) is 11.1 Å². The third kappa shape index (κ3) is 6.65. The van der Waals surface area contributed by atoms with Gasteiger partial charge in [-0.25, -0.2) is 8.42 Å². The van der Waals surface area contributed by atoms with Crippen LogP contribution in [0.1, 0.15) is 34.6 Å². The van der Waals surface area contributed by atoms with Gasteiger partial charge >= 0.3 is 6.61 Å². The number of carbonyl (C=O) groups excluding carboxylic acids is 1. The number of hydrogen-bond acceptors (Lipinski definition) is 5. The summed E-state index contributed by atoms with van der Waals surface area (Å²) in [7, 11) is -3.42. The van der Waals surface area contributed by atoms with Crippen LogP contribution in [-0.4, -0.2) is 27.2 Å². The summed E-state index contributed by atoms with van der Waals surface area (Å²) < 4.78 is 57.0. The number of halogens is 3. The Morgan fingerprint density at radius 3 is 2.46 bits per heavy atom. The lowest BCUT2D eigenvalue weighted by molar-refractivity contribution is -0.0499. The van der Waals surface area contributed by atoms with Crippen molar-refractivity contribution in [2.24, 2.45) is 0 Å². The number of thiophene rings is 1. The highest BCUT2D eigenvalue weighted by Gasteiger charge is 2.25. The molecule has 4 rings (SSSR count). The van der Waals surface area contributed by atoms with Gasteiger partial charge in [-0.1, -0.05) is 41.9 Å². The molecule has 0 fully saturated rings. The van der Waals surface area contributed by atoms with Crippen molar-refractivity contribution in [1.29, 1.82) is 0 Å². The van der Waals surface area contributed by atoms with E-state index in [1.165, 1.54) is 17.4 Å². The van der Waals surface area contributed by atoms with Crippen molar-refractivity contribution in [3.8, 4) is 5.75 Å². The first-order valence-electron chi connectivity index (χ1n) is 11.0. The third-order valence-electron chi connectivity index (χ3n) is 5.70. The van der Waals surface area contributed by atoms with Crippen molar-refractivity contribution in [1.82, 2.24) is 0 Å². The molecule has 1 amide bonds. The molecule has 11 heteroatoms. The monoisotopic (exact) mass is 608 g/mol. The maximum atomic E-state index is 13.1. The predicted molar refractivity (Wildman–Crippen MR) is 148 cm³/mol. The molecule has 1 aromatic heterocycles. The van der Waals surface area contributed by atoms with E-state index in [2.05, 4.69) is 30.7 Å². The molecule has 4 aromatic rings. The SMILES string of the molecule is CC(C)(c1cc(Br)cc(NC(=O)c2cc3cc(NS(C)(=O)=O)ccc3s2)c1)c1cccc(OC(F)F)c1. The molecule has 0 aliphatic carbocycles. The van der Waals surface area contributed by atoms with Gasteiger partial charge in [-0.2, -0.15) is 8.78 Å². The van der Waals surface area contributed by atoms with Crippen LogP contribution >= 0.6 is 27.3 Å². The van der Waals surface area contributed by atoms with Crippen LogP contribution in [0.2, 0.25) is 0 Å². The van der Waals surface area contributed by atoms with Crippen LogP contribution in [0.5, 0.6) is 5.75 Å². The Hall–Kier alpha value is -3.02. The van der Waals surface area contributed by atoms with Crippen LogP contribution in [0.15, 0.2) is 71.2 Å². The Bertz CT molecular complexity index is 1590. The summed E-state index contributed by atoms with van der Waals surface area (Å²) in [4.78, 5) is 13.5. The molecule has 194 valence electrons. The Morgan fingerprint density at radius 2 is 1.76 bits per heavy atom. The number of rotatable bonds is 8. The largest absolute Gasteiger partial charge is 0.435 e. The van der Waals surface area contributed by atoms with Gasteiger partial charge in [0.1, 0.15) is 5.75 Å². The predicted octanol–water partition coefficient (Wildman–Crippen LogP) is 7.21. The Morgan fingerprint density at radius 1 is 1.00 bits per heavy atom. The topological polar surface area (TPSA) is 84.5 Å². The van der Waals surface area contributed by atoms with Gasteiger partial charge < -0.3 is 10.1 Å². The zero-order valence-corrected chi connectivity index (χ0v) is 23.2. The number of carbonyl (C=O) groups is 1. The number of nitrogens with one attached hydrogen (secondary N) is 2. The van der Waals surface area contributed by atoms with E-state index in [1.54, 1.807) is 42.5 Å². The molecule has 0 saturated heterocycles. The summed E-state index contributed by atoms with van der Waals surface area (Å²) in [5.41, 5.74) is 2.00. The first-order valence-corrected chi connectivity index (χ1v) is 14.5. The second-order valence-corrected chi connectivity index (χ2v) is 12.7. The number of benzene rings is 3. The van der Waals surface area contributed by atoms with E-state index in [0.717, 1.165) is 31.9 Å². The maximum absolute atomic E-state index is 13.1. The summed E-state index contributed by atoms with van der Waals surface area (Å²) in [5.74, 6) is -0.239. The number of sulfonamides is 1. The third-order valence-corrected chi connectivity index (χ3v) is 7.88.